The number of hydrogen-bond donors (Lipinski definition) is 0. The van der Waals surface area contributed by atoms with Gasteiger partial charge in [-0.2, -0.15) is 0 Å². The fraction of sp³-hybridized carbons (Fsp3) is 0.684. The highest BCUT2D eigenvalue weighted by atomic mass is 35.5. The molecule has 2 atom stereocenters. The largest absolute Gasteiger partial charge is 0.0840 e. The van der Waals surface area contributed by atoms with Gasteiger partial charge in [0.25, 0.3) is 0 Å². The maximum atomic E-state index is 6.31. The molecule has 0 heterocycles. The smallest absolute Gasteiger partial charge is 0.0443 e. The number of rotatable bonds is 1. The van der Waals surface area contributed by atoms with Crippen molar-refractivity contribution in [3.05, 3.63) is 34.9 Å². The third-order valence-corrected chi connectivity index (χ3v) is 4.49. The van der Waals surface area contributed by atoms with Crippen molar-refractivity contribution in [1.82, 2.24) is 0 Å². The minimum absolute atomic E-state index is 0.288. The van der Waals surface area contributed by atoms with Crippen molar-refractivity contribution in [3.63, 3.8) is 0 Å². The van der Waals surface area contributed by atoms with Gasteiger partial charge in [-0.05, 0) is 35.8 Å². The van der Waals surface area contributed by atoms with Gasteiger partial charge in [0, 0.05) is 5.02 Å². The molecule has 0 saturated heterocycles. The molecule has 0 aliphatic heterocycles. The molecule has 0 bridgehead atoms. The SMILES string of the molecule is CC.CC1CCCCC1(C)c1ccccc1Cl.CCC. The molecular formula is C19H33Cl. The molecule has 0 N–H and O–H groups in total. The van der Waals surface area contributed by atoms with Crippen molar-refractivity contribution >= 4 is 11.6 Å². The van der Waals surface area contributed by atoms with E-state index >= 15 is 0 Å². The van der Waals surface area contributed by atoms with Crippen LogP contribution in [-0.2, 0) is 5.41 Å². The summed E-state index contributed by atoms with van der Waals surface area (Å²) in [5, 5.41) is 0.939. The Kier molecular flexibility index (Phi) is 10.0. The van der Waals surface area contributed by atoms with Gasteiger partial charge < -0.3 is 0 Å². The highest BCUT2D eigenvalue weighted by molar-refractivity contribution is 6.31. The summed E-state index contributed by atoms with van der Waals surface area (Å²) in [4.78, 5) is 0. The van der Waals surface area contributed by atoms with Crippen molar-refractivity contribution in [2.45, 2.75) is 79.1 Å². The summed E-state index contributed by atoms with van der Waals surface area (Å²) in [6.07, 6.45) is 6.58. The topological polar surface area (TPSA) is 0 Å². The number of halogens is 1. The van der Waals surface area contributed by atoms with Crippen LogP contribution in [0.1, 0.15) is 79.2 Å². The third-order valence-electron chi connectivity index (χ3n) is 4.16. The van der Waals surface area contributed by atoms with E-state index in [0.717, 1.165) is 10.9 Å². The second kappa shape index (κ2) is 10.3. The number of benzene rings is 1. The monoisotopic (exact) mass is 296 g/mol. The summed E-state index contributed by atoms with van der Waals surface area (Å²) in [5.74, 6) is 0.742. The minimum Gasteiger partial charge on any atom is -0.0840 e. The summed E-state index contributed by atoms with van der Waals surface area (Å²) < 4.78 is 0. The first-order valence-electron chi connectivity index (χ1n) is 8.31. The molecule has 0 aromatic heterocycles. The molecule has 1 aromatic rings. The molecule has 1 aliphatic carbocycles. The standard InChI is InChI=1S/C14H19Cl.C3H8.C2H6/c1-11-7-5-6-10-14(11,2)12-8-3-4-9-13(12)15;1-3-2;1-2/h3-4,8-9,11H,5-7,10H2,1-2H3;3H2,1-2H3;1-2H3. The third kappa shape index (κ3) is 5.13. The van der Waals surface area contributed by atoms with Crippen LogP contribution in [0.15, 0.2) is 24.3 Å². The van der Waals surface area contributed by atoms with Crippen LogP contribution in [0.25, 0.3) is 0 Å². The molecule has 0 amide bonds. The average molecular weight is 297 g/mol. The molecule has 1 fully saturated rings. The lowest BCUT2D eigenvalue weighted by molar-refractivity contribution is 0.221. The zero-order valence-electron chi connectivity index (χ0n) is 14.3. The molecule has 1 saturated carbocycles. The second-order valence-electron chi connectivity index (χ2n) is 5.75. The molecule has 116 valence electrons. The zero-order chi connectivity index (χ0) is 15.6. The lowest BCUT2D eigenvalue weighted by Gasteiger charge is -2.40. The lowest BCUT2D eigenvalue weighted by atomic mass is 9.64. The van der Waals surface area contributed by atoms with Crippen LogP contribution in [0.2, 0.25) is 5.02 Å². The first-order valence-corrected chi connectivity index (χ1v) is 8.69. The molecule has 0 spiro atoms. The van der Waals surface area contributed by atoms with E-state index in [1.807, 2.05) is 26.0 Å². The molecule has 1 aliphatic rings. The predicted octanol–water partition coefficient (Wildman–Crippen LogP) is 7.25. The van der Waals surface area contributed by atoms with Gasteiger partial charge in [0.1, 0.15) is 0 Å². The van der Waals surface area contributed by atoms with Gasteiger partial charge in [-0.3, -0.25) is 0 Å². The summed E-state index contributed by atoms with van der Waals surface area (Å²) in [7, 11) is 0. The van der Waals surface area contributed by atoms with E-state index in [-0.39, 0.29) is 5.41 Å². The van der Waals surface area contributed by atoms with E-state index in [4.69, 9.17) is 11.6 Å². The van der Waals surface area contributed by atoms with Gasteiger partial charge in [-0.25, -0.2) is 0 Å². The Morgan fingerprint density at radius 1 is 1.15 bits per heavy atom. The molecule has 1 heteroatoms. The fourth-order valence-corrected chi connectivity index (χ4v) is 3.18. The van der Waals surface area contributed by atoms with E-state index in [1.54, 1.807) is 0 Å². The van der Waals surface area contributed by atoms with E-state index in [2.05, 4.69) is 39.8 Å². The van der Waals surface area contributed by atoms with Gasteiger partial charge >= 0.3 is 0 Å². The Labute approximate surface area is 131 Å². The highest BCUT2D eigenvalue weighted by Gasteiger charge is 2.36. The minimum atomic E-state index is 0.288. The van der Waals surface area contributed by atoms with Crippen LogP contribution in [0.4, 0.5) is 0 Å². The van der Waals surface area contributed by atoms with Crippen molar-refractivity contribution in [2.75, 3.05) is 0 Å². The van der Waals surface area contributed by atoms with E-state index in [1.165, 1.54) is 37.7 Å². The fourth-order valence-electron chi connectivity index (χ4n) is 2.83. The van der Waals surface area contributed by atoms with Crippen LogP contribution in [0.5, 0.6) is 0 Å². The van der Waals surface area contributed by atoms with Crippen molar-refractivity contribution in [1.29, 1.82) is 0 Å². The van der Waals surface area contributed by atoms with E-state index in [0.29, 0.717) is 0 Å². The number of hydrogen-bond acceptors (Lipinski definition) is 0. The van der Waals surface area contributed by atoms with E-state index in [9.17, 15) is 0 Å². The summed E-state index contributed by atoms with van der Waals surface area (Å²) in [6.45, 7) is 13.0. The first-order chi connectivity index (χ1) is 9.56. The first kappa shape index (κ1) is 19.5. The Morgan fingerprint density at radius 2 is 1.70 bits per heavy atom. The Morgan fingerprint density at radius 3 is 2.20 bits per heavy atom. The van der Waals surface area contributed by atoms with Crippen LogP contribution >= 0.6 is 11.6 Å². The van der Waals surface area contributed by atoms with Gasteiger partial charge in [0.05, 0.1) is 0 Å². The maximum Gasteiger partial charge on any atom is 0.0443 e. The highest BCUT2D eigenvalue weighted by Crippen LogP contribution is 2.45. The molecule has 2 rings (SSSR count). The van der Waals surface area contributed by atoms with Crippen LogP contribution < -0.4 is 0 Å². The lowest BCUT2D eigenvalue weighted by Crippen LogP contribution is -2.33. The average Bonchev–Trinajstić information content (AvgIpc) is 2.46. The van der Waals surface area contributed by atoms with Crippen molar-refractivity contribution in [3.8, 4) is 0 Å². The summed E-state index contributed by atoms with van der Waals surface area (Å²) >= 11 is 6.31. The Bertz CT molecular complexity index is 359. The van der Waals surface area contributed by atoms with Crippen molar-refractivity contribution < 1.29 is 0 Å². The van der Waals surface area contributed by atoms with Crippen molar-refractivity contribution in [2.24, 2.45) is 5.92 Å². The van der Waals surface area contributed by atoms with Gasteiger partial charge in [0.15, 0.2) is 0 Å². The molecule has 0 nitrogen and oxygen atoms in total. The summed E-state index contributed by atoms with van der Waals surface area (Å²) in [6, 6.07) is 8.34. The molecule has 1 aromatic carbocycles. The molecule has 20 heavy (non-hydrogen) atoms. The normalized spacial score (nSPS) is 24.9. The predicted molar refractivity (Wildman–Crippen MR) is 93.7 cm³/mol. The molecule has 0 radical (unpaired) electrons. The van der Waals surface area contributed by atoms with Crippen LogP contribution in [0, 0.1) is 5.92 Å². The summed E-state index contributed by atoms with van der Waals surface area (Å²) in [5.41, 5.74) is 1.63. The Balaban J connectivity index is 0.000000641. The maximum absolute atomic E-state index is 6.31. The molecule has 2 unspecified atom stereocenters. The molecular weight excluding hydrogens is 264 g/mol. The van der Waals surface area contributed by atoms with Crippen LogP contribution in [-0.4, -0.2) is 0 Å². The zero-order valence-corrected chi connectivity index (χ0v) is 15.1. The second-order valence-corrected chi connectivity index (χ2v) is 6.16. The van der Waals surface area contributed by atoms with Gasteiger partial charge in [-0.1, -0.05) is 90.6 Å². The van der Waals surface area contributed by atoms with Crippen LogP contribution in [0.3, 0.4) is 0 Å². The Hall–Kier alpha value is -0.490. The van der Waals surface area contributed by atoms with Gasteiger partial charge in [-0.15, -0.1) is 0 Å². The van der Waals surface area contributed by atoms with Gasteiger partial charge in [0.2, 0.25) is 0 Å². The van der Waals surface area contributed by atoms with E-state index < -0.39 is 0 Å². The quantitative estimate of drug-likeness (QED) is 0.512.